The molecule has 110 valence electrons. The van der Waals surface area contributed by atoms with Crippen LogP contribution in [0, 0.1) is 11.3 Å². The van der Waals surface area contributed by atoms with E-state index >= 15 is 0 Å². The summed E-state index contributed by atoms with van der Waals surface area (Å²) in [4.78, 5) is 2.62. The van der Waals surface area contributed by atoms with Crippen molar-refractivity contribution in [3.63, 3.8) is 0 Å². The first-order chi connectivity index (χ1) is 9.13. The molecular formula is C16H30N2O. The highest BCUT2D eigenvalue weighted by Gasteiger charge is 2.59. The highest BCUT2D eigenvalue weighted by atomic mass is 16.5. The van der Waals surface area contributed by atoms with E-state index < -0.39 is 0 Å². The normalized spacial score (nSPS) is 39.0. The van der Waals surface area contributed by atoms with Crippen LogP contribution in [0.4, 0.5) is 0 Å². The van der Waals surface area contributed by atoms with Gasteiger partial charge >= 0.3 is 0 Å². The second-order valence-corrected chi connectivity index (χ2v) is 7.33. The summed E-state index contributed by atoms with van der Waals surface area (Å²) in [6.07, 6.45) is 5.72. The summed E-state index contributed by atoms with van der Waals surface area (Å²) in [5.41, 5.74) is 0.335. The summed E-state index contributed by atoms with van der Waals surface area (Å²) in [5.74, 6) is 0.781. The Morgan fingerprint density at radius 3 is 2.63 bits per heavy atom. The lowest BCUT2D eigenvalue weighted by molar-refractivity contribution is -0.116. The van der Waals surface area contributed by atoms with Gasteiger partial charge in [0.05, 0.1) is 6.10 Å². The van der Waals surface area contributed by atoms with Crippen molar-refractivity contribution in [3.05, 3.63) is 0 Å². The molecular weight excluding hydrogens is 236 g/mol. The quantitative estimate of drug-likeness (QED) is 0.845. The van der Waals surface area contributed by atoms with E-state index in [1.807, 2.05) is 0 Å². The van der Waals surface area contributed by atoms with Crippen LogP contribution in [0.3, 0.4) is 0 Å². The van der Waals surface area contributed by atoms with Gasteiger partial charge in [-0.2, -0.15) is 0 Å². The fraction of sp³-hybridized carbons (Fsp3) is 1.00. The van der Waals surface area contributed by atoms with Gasteiger partial charge in [-0.25, -0.2) is 0 Å². The highest BCUT2D eigenvalue weighted by molar-refractivity contribution is 5.12. The average Bonchev–Trinajstić information content (AvgIpc) is 2.85. The van der Waals surface area contributed by atoms with Crippen LogP contribution in [0.15, 0.2) is 0 Å². The second kappa shape index (κ2) is 5.34. The van der Waals surface area contributed by atoms with Crippen LogP contribution in [0.1, 0.15) is 46.5 Å². The van der Waals surface area contributed by atoms with Crippen molar-refractivity contribution >= 4 is 0 Å². The fourth-order valence-electron chi connectivity index (χ4n) is 4.56. The largest absolute Gasteiger partial charge is 0.377 e. The monoisotopic (exact) mass is 266 g/mol. The maximum Gasteiger partial charge on any atom is 0.0685 e. The molecule has 0 radical (unpaired) electrons. The second-order valence-electron chi connectivity index (χ2n) is 7.33. The predicted octanol–water partition coefficient (Wildman–Crippen LogP) is 2.26. The van der Waals surface area contributed by atoms with Gasteiger partial charge in [0.2, 0.25) is 0 Å². The van der Waals surface area contributed by atoms with Gasteiger partial charge in [0.25, 0.3) is 0 Å². The number of nitrogens with one attached hydrogen (secondary N) is 1. The Hall–Kier alpha value is -0.120. The number of likely N-dealkylation sites (tertiary alicyclic amines) is 1. The number of nitrogens with zero attached hydrogens (tertiary/aromatic N) is 1. The number of piperidine rings is 1. The third kappa shape index (κ3) is 2.45. The smallest absolute Gasteiger partial charge is 0.0685 e. The van der Waals surface area contributed by atoms with Crippen molar-refractivity contribution < 1.29 is 4.74 Å². The van der Waals surface area contributed by atoms with E-state index in [1.54, 1.807) is 0 Å². The van der Waals surface area contributed by atoms with Crippen molar-refractivity contribution in [2.24, 2.45) is 11.3 Å². The molecule has 0 unspecified atom stereocenters. The molecule has 3 rings (SSSR count). The van der Waals surface area contributed by atoms with Crippen LogP contribution in [0.2, 0.25) is 0 Å². The molecule has 1 N–H and O–H groups in total. The predicted molar refractivity (Wildman–Crippen MR) is 78.3 cm³/mol. The van der Waals surface area contributed by atoms with E-state index in [2.05, 4.69) is 31.0 Å². The van der Waals surface area contributed by atoms with Crippen molar-refractivity contribution in [1.29, 1.82) is 0 Å². The molecule has 3 atom stereocenters. The van der Waals surface area contributed by atoms with Crippen LogP contribution in [0.25, 0.3) is 0 Å². The molecule has 2 saturated heterocycles. The van der Waals surface area contributed by atoms with Gasteiger partial charge in [0, 0.05) is 30.0 Å². The molecule has 0 aromatic carbocycles. The zero-order chi connectivity index (χ0) is 13.5. The first-order valence-corrected chi connectivity index (χ1v) is 8.23. The molecule has 1 aliphatic carbocycles. The minimum Gasteiger partial charge on any atom is -0.377 e. The van der Waals surface area contributed by atoms with E-state index in [1.165, 1.54) is 45.3 Å². The Kier molecular flexibility index (Phi) is 3.89. The number of ether oxygens (including phenoxy) is 1. The fourth-order valence-corrected chi connectivity index (χ4v) is 4.56. The first kappa shape index (κ1) is 13.8. The van der Waals surface area contributed by atoms with Crippen LogP contribution >= 0.6 is 0 Å². The lowest BCUT2D eigenvalue weighted by Crippen LogP contribution is -2.67. The molecule has 2 heterocycles. The molecule has 3 nitrogen and oxygen atoms in total. The molecule has 0 amide bonds. The van der Waals surface area contributed by atoms with E-state index in [9.17, 15) is 0 Å². The third-order valence-corrected chi connectivity index (χ3v) is 5.64. The Bertz CT molecular complexity index is 310. The topological polar surface area (TPSA) is 24.5 Å². The van der Waals surface area contributed by atoms with Crippen molar-refractivity contribution in [3.8, 4) is 0 Å². The number of fused-ring (bicyclic) bond motifs is 1. The van der Waals surface area contributed by atoms with Crippen LogP contribution < -0.4 is 5.32 Å². The Balaban J connectivity index is 1.50. The van der Waals surface area contributed by atoms with E-state index in [0.29, 0.717) is 17.6 Å². The summed E-state index contributed by atoms with van der Waals surface area (Å²) in [7, 11) is 0. The van der Waals surface area contributed by atoms with Gasteiger partial charge in [-0.3, -0.25) is 0 Å². The van der Waals surface area contributed by atoms with Gasteiger partial charge < -0.3 is 15.0 Å². The maximum absolute atomic E-state index is 5.89. The zero-order valence-electron chi connectivity index (χ0n) is 12.8. The number of hydrogen-bond donors (Lipinski definition) is 1. The number of rotatable bonds is 4. The molecule has 0 aromatic heterocycles. The van der Waals surface area contributed by atoms with Gasteiger partial charge in [0.1, 0.15) is 0 Å². The molecule has 0 aromatic rings. The molecule has 3 fully saturated rings. The minimum atomic E-state index is 0.335. The first-order valence-electron chi connectivity index (χ1n) is 8.23. The third-order valence-electron chi connectivity index (χ3n) is 5.64. The Labute approximate surface area is 118 Å². The lowest BCUT2D eigenvalue weighted by atomic mass is 9.57. The highest BCUT2D eigenvalue weighted by Crippen LogP contribution is 2.52. The summed E-state index contributed by atoms with van der Waals surface area (Å²) >= 11 is 0. The number of hydrogen-bond acceptors (Lipinski definition) is 3. The van der Waals surface area contributed by atoms with Gasteiger partial charge in [-0.15, -0.1) is 0 Å². The van der Waals surface area contributed by atoms with E-state index in [4.69, 9.17) is 4.74 Å². The van der Waals surface area contributed by atoms with E-state index in [-0.39, 0.29) is 0 Å². The summed E-state index contributed by atoms with van der Waals surface area (Å²) in [5, 5.41) is 3.97. The molecule has 19 heavy (non-hydrogen) atoms. The molecule has 1 saturated carbocycles. The lowest BCUT2D eigenvalue weighted by Gasteiger charge is -2.56. The Morgan fingerprint density at radius 2 is 1.95 bits per heavy atom. The summed E-state index contributed by atoms with van der Waals surface area (Å²) in [6, 6.07) is 1.42. The van der Waals surface area contributed by atoms with Gasteiger partial charge in [0.15, 0.2) is 0 Å². The Morgan fingerprint density at radius 1 is 1.21 bits per heavy atom. The minimum absolute atomic E-state index is 0.335. The van der Waals surface area contributed by atoms with Crippen molar-refractivity contribution in [1.82, 2.24) is 10.2 Å². The van der Waals surface area contributed by atoms with Gasteiger partial charge in [-0.05, 0) is 45.3 Å². The van der Waals surface area contributed by atoms with E-state index in [0.717, 1.165) is 18.6 Å². The standard InChI is InChI=1S/C16H30N2O/c1-4-8-18-9-5-12(6-10-18)17-14-13-7-11-19-15(13)16(14,2)3/h12-15,17H,4-11H2,1-3H3/t13-,14+,15-/m0/s1. The van der Waals surface area contributed by atoms with Crippen LogP contribution in [-0.4, -0.2) is 49.3 Å². The van der Waals surface area contributed by atoms with Crippen molar-refractivity contribution in [2.45, 2.75) is 64.6 Å². The molecule has 3 heteroatoms. The maximum atomic E-state index is 5.89. The SMILES string of the molecule is CCCN1CCC(N[C@@H]2[C@@H]3CCO[C@@H]3C2(C)C)CC1. The van der Waals surface area contributed by atoms with Gasteiger partial charge in [-0.1, -0.05) is 20.8 Å². The van der Waals surface area contributed by atoms with Crippen molar-refractivity contribution in [2.75, 3.05) is 26.2 Å². The molecule has 2 aliphatic heterocycles. The average molecular weight is 266 g/mol. The van der Waals surface area contributed by atoms with Crippen LogP contribution in [-0.2, 0) is 4.74 Å². The molecule has 3 aliphatic rings. The zero-order valence-corrected chi connectivity index (χ0v) is 12.8. The van der Waals surface area contributed by atoms with Crippen LogP contribution in [0.5, 0.6) is 0 Å². The summed E-state index contributed by atoms with van der Waals surface area (Å²) < 4.78 is 5.89. The summed E-state index contributed by atoms with van der Waals surface area (Å²) in [6.45, 7) is 11.9. The molecule has 0 bridgehead atoms. The molecule has 0 spiro atoms.